The van der Waals surface area contributed by atoms with Gasteiger partial charge in [-0.3, -0.25) is 14.4 Å². The molecule has 0 spiro atoms. The van der Waals surface area contributed by atoms with E-state index >= 15 is 0 Å². The predicted molar refractivity (Wildman–Crippen MR) is 110 cm³/mol. The standard InChI is InChI=1S/C20H21ClN6O2/c1-24-6-7-26(20(24)29)16-10-22-27(12-16)15-4-5-25(11-15)19(28)18-9-13-8-14(21)2-3-17(13)23-18/h2-3,8-10,12,15,23H,4-7,11H2,1H3. The lowest BCUT2D eigenvalue weighted by atomic mass is 10.2. The minimum absolute atomic E-state index is 0.00769. The minimum Gasteiger partial charge on any atom is -0.351 e. The van der Waals surface area contributed by atoms with Gasteiger partial charge < -0.3 is 14.8 Å². The second kappa shape index (κ2) is 6.81. The SMILES string of the molecule is CN1CCN(c2cnn(C3CCN(C(=O)c4cc5cc(Cl)ccc5[nH]4)C3)c2)C1=O. The molecule has 3 aromatic rings. The molecule has 0 bridgehead atoms. The Morgan fingerprint density at radius 3 is 2.90 bits per heavy atom. The van der Waals surface area contributed by atoms with Crippen LogP contribution in [-0.4, -0.2) is 69.7 Å². The highest BCUT2D eigenvalue weighted by atomic mass is 35.5. The largest absolute Gasteiger partial charge is 0.351 e. The summed E-state index contributed by atoms with van der Waals surface area (Å²) in [7, 11) is 1.80. The van der Waals surface area contributed by atoms with E-state index in [1.54, 1.807) is 29.1 Å². The van der Waals surface area contributed by atoms with Crippen LogP contribution in [0.2, 0.25) is 5.02 Å². The molecule has 9 heteroatoms. The van der Waals surface area contributed by atoms with Crippen molar-refractivity contribution in [3.8, 4) is 0 Å². The zero-order chi connectivity index (χ0) is 20.1. The number of amides is 3. The number of benzene rings is 1. The number of likely N-dealkylation sites (tertiary alicyclic amines) is 1. The summed E-state index contributed by atoms with van der Waals surface area (Å²) < 4.78 is 1.87. The van der Waals surface area contributed by atoms with Crippen molar-refractivity contribution in [2.24, 2.45) is 0 Å². The summed E-state index contributed by atoms with van der Waals surface area (Å²) in [5.41, 5.74) is 2.26. The number of halogens is 1. The normalized spacial score (nSPS) is 19.7. The second-order valence-electron chi connectivity index (χ2n) is 7.64. The van der Waals surface area contributed by atoms with Gasteiger partial charge in [0.1, 0.15) is 5.69 Å². The molecule has 5 rings (SSSR count). The van der Waals surface area contributed by atoms with E-state index in [4.69, 9.17) is 11.6 Å². The number of anilines is 1. The molecule has 8 nitrogen and oxygen atoms in total. The number of carbonyl (C=O) groups is 2. The average molecular weight is 413 g/mol. The molecule has 1 unspecified atom stereocenters. The van der Waals surface area contributed by atoms with Crippen LogP contribution < -0.4 is 4.90 Å². The van der Waals surface area contributed by atoms with E-state index in [1.807, 2.05) is 34.0 Å². The van der Waals surface area contributed by atoms with Crippen LogP contribution in [0.4, 0.5) is 10.5 Å². The molecule has 2 aliphatic rings. The third-order valence-corrected chi connectivity index (χ3v) is 5.99. The van der Waals surface area contributed by atoms with Crippen molar-refractivity contribution in [3.05, 3.63) is 47.4 Å². The number of urea groups is 1. The Hall–Kier alpha value is -3.00. The van der Waals surface area contributed by atoms with Crippen LogP contribution in [0.3, 0.4) is 0 Å². The van der Waals surface area contributed by atoms with E-state index < -0.39 is 0 Å². The molecular formula is C20H21ClN6O2. The summed E-state index contributed by atoms with van der Waals surface area (Å²) in [4.78, 5) is 33.6. The highest BCUT2D eigenvalue weighted by Gasteiger charge is 2.31. The van der Waals surface area contributed by atoms with Gasteiger partial charge in [-0.05, 0) is 30.7 Å². The molecule has 2 aromatic heterocycles. The van der Waals surface area contributed by atoms with Gasteiger partial charge in [0.15, 0.2) is 0 Å². The van der Waals surface area contributed by atoms with Crippen LogP contribution in [0.15, 0.2) is 36.7 Å². The molecule has 2 fully saturated rings. The van der Waals surface area contributed by atoms with Gasteiger partial charge in [-0.15, -0.1) is 0 Å². The number of aromatic amines is 1. The van der Waals surface area contributed by atoms with Crippen molar-refractivity contribution in [2.45, 2.75) is 12.5 Å². The maximum Gasteiger partial charge on any atom is 0.324 e. The quantitative estimate of drug-likeness (QED) is 0.718. The van der Waals surface area contributed by atoms with E-state index in [-0.39, 0.29) is 18.0 Å². The number of hydrogen-bond acceptors (Lipinski definition) is 3. The Morgan fingerprint density at radius 2 is 2.10 bits per heavy atom. The van der Waals surface area contributed by atoms with E-state index in [1.165, 1.54) is 0 Å². The van der Waals surface area contributed by atoms with Crippen molar-refractivity contribution in [1.82, 2.24) is 24.6 Å². The monoisotopic (exact) mass is 412 g/mol. The Morgan fingerprint density at radius 1 is 1.24 bits per heavy atom. The van der Waals surface area contributed by atoms with Crippen molar-refractivity contribution < 1.29 is 9.59 Å². The molecule has 2 saturated heterocycles. The summed E-state index contributed by atoms with van der Waals surface area (Å²) in [6.45, 7) is 2.64. The van der Waals surface area contributed by atoms with Crippen LogP contribution in [-0.2, 0) is 0 Å². The van der Waals surface area contributed by atoms with Crippen LogP contribution in [0.25, 0.3) is 10.9 Å². The average Bonchev–Trinajstić information content (AvgIpc) is 3.47. The lowest BCUT2D eigenvalue weighted by Crippen LogP contribution is -2.29. The van der Waals surface area contributed by atoms with Gasteiger partial charge in [-0.25, -0.2) is 4.79 Å². The fraction of sp³-hybridized carbons (Fsp3) is 0.350. The summed E-state index contributed by atoms with van der Waals surface area (Å²) in [6, 6.07) is 7.47. The molecular weight excluding hydrogens is 392 g/mol. The number of nitrogens with one attached hydrogen (secondary N) is 1. The summed E-state index contributed by atoms with van der Waals surface area (Å²) in [5.74, 6) is -0.0245. The van der Waals surface area contributed by atoms with Crippen LogP contribution in [0.1, 0.15) is 23.0 Å². The third-order valence-electron chi connectivity index (χ3n) is 5.75. The van der Waals surface area contributed by atoms with Gasteiger partial charge in [0.2, 0.25) is 0 Å². The van der Waals surface area contributed by atoms with E-state index in [2.05, 4.69) is 10.1 Å². The van der Waals surface area contributed by atoms with E-state index in [0.717, 1.165) is 23.0 Å². The first-order valence-corrected chi connectivity index (χ1v) is 10.0. The van der Waals surface area contributed by atoms with Crippen LogP contribution >= 0.6 is 11.6 Å². The summed E-state index contributed by atoms with van der Waals surface area (Å²) in [5, 5.41) is 6.03. The Kier molecular flexibility index (Phi) is 4.24. The lowest BCUT2D eigenvalue weighted by molar-refractivity contribution is 0.0782. The first-order chi connectivity index (χ1) is 14.0. The molecule has 150 valence electrons. The number of hydrogen-bond donors (Lipinski definition) is 1. The smallest absolute Gasteiger partial charge is 0.324 e. The zero-order valence-corrected chi connectivity index (χ0v) is 16.8. The molecule has 0 aliphatic carbocycles. The van der Waals surface area contributed by atoms with E-state index in [0.29, 0.717) is 36.9 Å². The van der Waals surface area contributed by atoms with Gasteiger partial charge in [0, 0.05) is 55.3 Å². The Balaban J connectivity index is 1.29. The number of fused-ring (bicyclic) bond motifs is 1. The molecule has 0 radical (unpaired) electrons. The molecule has 1 aromatic carbocycles. The molecule has 29 heavy (non-hydrogen) atoms. The molecule has 2 aliphatic heterocycles. The van der Waals surface area contributed by atoms with E-state index in [9.17, 15) is 9.59 Å². The van der Waals surface area contributed by atoms with Gasteiger partial charge in [0.25, 0.3) is 5.91 Å². The lowest BCUT2D eigenvalue weighted by Gasteiger charge is -2.16. The maximum atomic E-state index is 12.9. The molecule has 1 N–H and O–H groups in total. The van der Waals surface area contributed by atoms with Crippen molar-refractivity contribution >= 4 is 40.1 Å². The summed E-state index contributed by atoms with van der Waals surface area (Å²) in [6.07, 6.45) is 4.45. The number of H-pyrrole nitrogens is 1. The zero-order valence-electron chi connectivity index (χ0n) is 16.0. The topological polar surface area (TPSA) is 77.5 Å². The Bertz CT molecular complexity index is 1110. The van der Waals surface area contributed by atoms with Gasteiger partial charge in [-0.2, -0.15) is 5.10 Å². The van der Waals surface area contributed by atoms with Crippen molar-refractivity contribution in [3.63, 3.8) is 0 Å². The number of rotatable bonds is 3. The molecule has 0 saturated carbocycles. The number of likely N-dealkylation sites (N-methyl/N-ethyl adjacent to an activating group) is 1. The third kappa shape index (κ3) is 3.13. The molecule has 4 heterocycles. The number of aromatic nitrogens is 3. The maximum absolute atomic E-state index is 12.9. The fourth-order valence-corrected chi connectivity index (χ4v) is 4.27. The molecule has 3 amide bonds. The van der Waals surface area contributed by atoms with Gasteiger partial charge >= 0.3 is 6.03 Å². The van der Waals surface area contributed by atoms with Gasteiger partial charge in [0.05, 0.1) is 17.9 Å². The first-order valence-electron chi connectivity index (χ1n) is 9.64. The predicted octanol–water partition coefficient (Wildman–Crippen LogP) is 2.98. The van der Waals surface area contributed by atoms with Gasteiger partial charge in [-0.1, -0.05) is 11.6 Å². The second-order valence-corrected chi connectivity index (χ2v) is 8.08. The van der Waals surface area contributed by atoms with Crippen LogP contribution in [0.5, 0.6) is 0 Å². The highest BCUT2D eigenvalue weighted by Crippen LogP contribution is 2.27. The molecule has 1 atom stereocenters. The Labute approximate surface area is 172 Å². The fourth-order valence-electron chi connectivity index (χ4n) is 4.09. The minimum atomic E-state index is -0.0245. The number of carbonyl (C=O) groups excluding carboxylic acids is 2. The number of nitrogens with zero attached hydrogens (tertiary/aromatic N) is 5. The highest BCUT2D eigenvalue weighted by molar-refractivity contribution is 6.31. The van der Waals surface area contributed by atoms with Crippen molar-refractivity contribution in [1.29, 1.82) is 0 Å². The first kappa shape index (κ1) is 18.1. The van der Waals surface area contributed by atoms with Crippen LogP contribution in [0, 0.1) is 0 Å². The van der Waals surface area contributed by atoms with Crippen molar-refractivity contribution in [2.75, 3.05) is 38.1 Å². The summed E-state index contributed by atoms with van der Waals surface area (Å²) >= 11 is 6.04.